The molecule has 7 nitrogen and oxygen atoms in total. The lowest BCUT2D eigenvalue weighted by Crippen LogP contribution is -2.27. The van der Waals surface area contributed by atoms with Crippen LogP contribution in [0.5, 0.6) is 0 Å². The van der Waals surface area contributed by atoms with E-state index in [4.69, 9.17) is 11.6 Å². The Morgan fingerprint density at radius 3 is 2.25 bits per heavy atom. The van der Waals surface area contributed by atoms with Gasteiger partial charge >= 0.3 is 0 Å². The molecule has 0 heterocycles. The summed E-state index contributed by atoms with van der Waals surface area (Å²) < 4.78 is 51.9. The molecule has 1 amide bonds. The molecule has 3 aromatic carbocycles. The molecule has 0 unspecified atom stereocenters. The summed E-state index contributed by atoms with van der Waals surface area (Å²) >= 11 is 6.03. The molecule has 2 N–H and O–H groups in total. The van der Waals surface area contributed by atoms with Crippen LogP contribution in [-0.4, -0.2) is 35.5 Å². The van der Waals surface area contributed by atoms with Crippen molar-refractivity contribution in [1.82, 2.24) is 5.32 Å². The number of anilines is 1. The summed E-state index contributed by atoms with van der Waals surface area (Å²) in [4.78, 5) is 12.1. The average molecular weight is 493 g/mol. The van der Waals surface area contributed by atoms with Crippen molar-refractivity contribution in [3.63, 3.8) is 0 Å². The standard InChI is InChI=1S/C22H21ClN2O5S2/c1-31(27,28)17-11-12-19(23)21(15-17)32(29,30)25-20-10-6-5-9-18(20)22(26)24-14-13-16-7-3-2-4-8-16/h2-12,15,25H,13-14H2,1H3,(H,24,26). The Labute approximate surface area is 192 Å². The van der Waals surface area contributed by atoms with Crippen molar-refractivity contribution in [1.29, 1.82) is 0 Å². The van der Waals surface area contributed by atoms with Crippen molar-refractivity contribution < 1.29 is 21.6 Å². The van der Waals surface area contributed by atoms with E-state index in [-0.39, 0.29) is 21.2 Å². The number of amides is 1. The fraction of sp³-hybridized carbons (Fsp3) is 0.136. The lowest BCUT2D eigenvalue weighted by atomic mass is 10.1. The number of rotatable bonds is 8. The number of hydrogen-bond donors (Lipinski definition) is 2. The number of sulfonamides is 1. The third-order valence-electron chi connectivity index (χ3n) is 4.58. The van der Waals surface area contributed by atoms with Crippen molar-refractivity contribution in [3.05, 3.63) is 88.9 Å². The van der Waals surface area contributed by atoms with Gasteiger partial charge in [0.25, 0.3) is 15.9 Å². The second-order valence-corrected chi connectivity index (χ2v) is 11.1. The van der Waals surface area contributed by atoms with Crippen molar-refractivity contribution in [2.75, 3.05) is 17.5 Å². The number of halogens is 1. The van der Waals surface area contributed by atoms with Gasteiger partial charge in [-0.1, -0.05) is 54.1 Å². The van der Waals surface area contributed by atoms with Gasteiger partial charge in [0, 0.05) is 12.8 Å². The number of benzene rings is 3. The quantitative estimate of drug-likeness (QED) is 0.500. The maximum atomic E-state index is 13.0. The molecule has 168 valence electrons. The first-order valence-electron chi connectivity index (χ1n) is 9.51. The van der Waals surface area contributed by atoms with E-state index in [9.17, 15) is 21.6 Å². The first kappa shape index (κ1) is 23.8. The number of sulfone groups is 1. The first-order chi connectivity index (χ1) is 15.1. The van der Waals surface area contributed by atoms with E-state index in [2.05, 4.69) is 10.0 Å². The number of carbonyl (C=O) groups excluding carboxylic acids is 1. The molecule has 32 heavy (non-hydrogen) atoms. The van der Waals surface area contributed by atoms with Gasteiger partial charge in [-0.2, -0.15) is 0 Å². The number of carbonyl (C=O) groups is 1. The normalized spacial score (nSPS) is 11.7. The SMILES string of the molecule is CS(=O)(=O)c1ccc(Cl)c(S(=O)(=O)Nc2ccccc2C(=O)NCCc2ccccc2)c1. The first-order valence-corrected chi connectivity index (χ1v) is 13.3. The molecule has 0 spiro atoms. The monoisotopic (exact) mass is 492 g/mol. The van der Waals surface area contributed by atoms with E-state index >= 15 is 0 Å². The van der Waals surface area contributed by atoms with Gasteiger partial charge in [-0.05, 0) is 42.3 Å². The second-order valence-electron chi connectivity index (χ2n) is 7.01. The van der Waals surface area contributed by atoms with Gasteiger partial charge in [-0.25, -0.2) is 16.8 Å². The molecule has 0 aliphatic heterocycles. The predicted octanol–water partition coefficient (Wildman–Crippen LogP) is 3.52. The number of hydrogen-bond acceptors (Lipinski definition) is 5. The molecule has 0 aliphatic carbocycles. The molecular weight excluding hydrogens is 472 g/mol. The number of nitrogens with one attached hydrogen (secondary N) is 2. The molecule has 0 aromatic heterocycles. The zero-order valence-corrected chi connectivity index (χ0v) is 19.5. The molecule has 3 aromatic rings. The molecule has 10 heteroatoms. The van der Waals surface area contributed by atoms with Gasteiger partial charge in [-0.3, -0.25) is 9.52 Å². The van der Waals surface area contributed by atoms with Crippen molar-refractivity contribution in [3.8, 4) is 0 Å². The van der Waals surface area contributed by atoms with E-state index in [1.54, 1.807) is 12.1 Å². The van der Waals surface area contributed by atoms with E-state index in [1.165, 1.54) is 24.3 Å². The van der Waals surface area contributed by atoms with Crippen molar-refractivity contribution in [2.45, 2.75) is 16.2 Å². The maximum absolute atomic E-state index is 13.0. The van der Waals surface area contributed by atoms with Gasteiger partial charge in [0.05, 0.1) is 21.2 Å². The topological polar surface area (TPSA) is 109 Å². The lowest BCUT2D eigenvalue weighted by molar-refractivity contribution is 0.0955. The minimum Gasteiger partial charge on any atom is -0.352 e. The van der Waals surface area contributed by atoms with Crippen LogP contribution in [0, 0.1) is 0 Å². The van der Waals surface area contributed by atoms with Gasteiger partial charge in [0.2, 0.25) is 0 Å². The van der Waals surface area contributed by atoms with Gasteiger partial charge in [0.15, 0.2) is 9.84 Å². The highest BCUT2D eigenvalue weighted by Crippen LogP contribution is 2.28. The van der Waals surface area contributed by atoms with E-state index < -0.39 is 30.7 Å². The molecule has 0 aliphatic rings. The van der Waals surface area contributed by atoms with Crippen LogP contribution in [0.3, 0.4) is 0 Å². The van der Waals surface area contributed by atoms with Gasteiger partial charge < -0.3 is 5.32 Å². The van der Waals surface area contributed by atoms with E-state index in [1.807, 2.05) is 30.3 Å². The molecule has 0 radical (unpaired) electrons. The average Bonchev–Trinajstić information content (AvgIpc) is 2.74. The fourth-order valence-corrected chi connectivity index (χ4v) is 5.28. The van der Waals surface area contributed by atoms with Crippen LogP contribution in [-0.2, 0) is 26.3 Å². The number of para-hydroxylation sites is 1. The lowest BCUT2D eigenvalue weighted by Gasteiger charge is -2.14. The zero-order valence-electron chi connectivity index (χ0n) is 17.1. The molecular formula is C22H21ClN2O5S2. The molecule has 3 rings (SSSR count). The highest BCUT2D eigenvalue weighted by molar-refractivity contribution is 7.93. The predicted molar refractivity (Wildman–Crippen MR) is 124 cm³/mol. The molecule has 0 bridgehead atoms. The van der Waals surface area contributed by atoms with Crippen LogP contribution < -0.4 is 10.0 Å². The minimum absolute atomic E-state index is 0.0468. The van der Waals surface area contributed by atoms with Crippen LogP contribution in [0.2, 0.25) is 5.02 Å². The van der Waals surface area contributed by atoms with E-state index in [0.717, 1.165) is 17.9 Å². The summed E-state index contributed by atoms with van der Waals surface area (Å²) in [5.74, 6) is -0.449. The Morgan fingerprint density at radius 1 is 0.906 bits per heavy atom. The van der Waals surface area contributed by atoms with Gasteiger partial charge in [0.1, 0.15) is 4.90 Å². The van der Waals surface area contributed by atoms with Crippen LogP contribution >= 0.6 is 11.6 Å². The summed E-state index contributed by atoms with van der Waals surface area (Å²) in [6, 6.07) is 19.2. The molecule has 0 saturated carbocycles. The Bertz CT molecular complexity index is 1340. The summed E-state index contributed by atoms with van der Waals surface area (Å²) in [6.07, 6.45) is 1.59. The summed E-state index contributed by atoms with van der Waals surface area (Å²) in [7, 11) is -7.92. The molecule has 0 atom stereocenters. The summed E-state index contributed by atoms with van der Waals surface area (Å²) in [5.41, 5.74) is 1.23. The van der Waals surface area contributed by atoms with E-state index in [0.29, 0.717) is 13.0 Å². The Hall–Kier alpha value is -2.88. The minimum atomic E-state index is -4.27. The van der Waals surface area contributed by atoms with Crippen molar-refractivity contribution >= 4 is 43.1 Å². The highest BCUT2D eigenvalue weighted by atomic mass is 35.5. The van der Waals surface area contributed by atoms with Gasteiger partial charge in [-0.15, -0.1) is 0 Å². The van der Waals surface area contributed by atoms with Crippen LogP contribution in [0.1, 0.15) is 15.9 Å². The highest BCUT2D eigenvalue weighted by Gasteiger charge is 2.23. The Kier molecular flexibility index (Phi) is 7.22. The third-order valence-corrected chi connectivity index (χ3v) is 7.54. The third kappa shape index (κ3) is 5.87. The molecule has 0 saturated heterocycles. The zero-order chi connectivity index (χ0) is 23.4. The second kappa shape index (κ2) is 9.72. The smallest absolute Gasteiger partial charge is 0.263 e. The van der Waals surface area contributed by atoms with Crippen molar-refractivity contribution in [2.24, 2.45) is 0 Å². The maximum Gasteiger partial charge on any atom is 0.263 e. The molecule has 0 fully saturated rings. The Morgan fingerprint density at radius 2 is 1.56 bits per heavy atom. The van der Waals surface area contributed by atoms with Crippen LogP contribution in [0.4, 0.5) is 5.69 Å². The van der Waals surface area contributed by atoms with Crippen LogP contribution in [0.25, 0.3) is 0 Å². The fourth-order valence-electron chi connectivity index (χ4n) is 2.95. The summed E-state index contributed by atoms with van der Waals surface area (Å²) in [6.45, 7) is 0.367. The largest absolute Gasteiger partial charge is 0.352 e. The summed E-state index contributed by atoms with van der Waals surface area (Å²) in [5, 5.41) is 2.63. The van der Waals surface area contributed by atoms with Crippen LogP contribution in [0.15, 0.2) is 82.6 Å². The Balaban J connectivity index is 1.82.